The van der Waals surface area contributed by atoms with Gasteiger partial charge in [-0.3, -0.25) is 0 Å². The zero-order chi connectivity index (χ0) is 13.8. The monoisotopic (exact) mass is 258 g/mol. The molecule has 1 saturated carbocycles. The molecule has 5 heteroatoms. The molecule has 1 aliphatic rings. The van der Waals surface area contributed by atoms with E-state index in [-0.39, 0.29) is 18.2 Å². The Labute approximate surface area is 109 Å². The molecule has 0 radical (unpaired) electrons. The van der Waals surface area contributed by atoms with Crippen molar-refractivity contribution in [1.29, 1.82) is 0 Å². The molecular formula is C13H26N2O3. The van der Waals surface area contributed by atoms with Crippen LogP contribution in [0.1, 0.15) is 40.0 Å². The van der Waals surface area contributed by atoms with Crippen LogP contribution in [0.3, 0.4) is 0 Å². The first-order valence-electron chi connectivity index (χ1n) is 6.56. The van der Waals surface area contributed by atoms with E-state index in [1.54, 1.807) is 7.11 Å². The molecule has 0 spiro atoms. The van der Waals surface area contributed by atoms with E-state index in [0.717, 1.165) is 25.9 Å². The highest BCUT2D eigenvalue weighted by Gasteiger charge is 2.30. The average Bonchev–Trinajstić information content (AvgIpc) is 2.20. The molecule has 0 aromatic carbocycles. The summed E-state index contributed by atoms with van der Waals surface area (Å²) in [6.07, 6.45) is 2.44. The largest absolute Gasteiger partial charge is 0.444 e. The number of carbonyl (C=O) groups excluding carboxylic acids is 1. The Morgan fingerprint density at radius 3 is 2.61 bits per heavy atom. The second kappa shape index (κ2) is 6.38. The molecule has 0 bridgehead atoms. The summed E-state index contributed by atoms with van der Waals surface area (Å²) in [6.45, 7) is 6.27. The maximum Gasteiger partial charge on any atom is 0.407 e. The van der Waals surface area contributed by atoms with Crippen LogP contribution >= 0.6 is 0 Å². The van der Waals surface area contributed by atoms with Gasteiger partial charge >= 0.3 is 6.09 Å². The smallest absolute Gasteiger partial charge is 0.407 e. The van der Waals surface area contributed by atoms with Crippen LogP contribution in [-0.2, 0) is 9.47 Å². The average molecular weight is 258 g/mol. The third-order valence-corrected chi connectivity index (χ3v) is 3.12. The van der Waals surface area contributed by atoms with Gasteiger partial charge in [-0.05, 0) is 46.0 Å². The molecule has 1 fully saturated rings. The van der Waals surface area contributed by atoms with Gasteiger partial charge in [0.25, 0.3) is 0 Å². The lowest BCUT2D eigenvalue weighted by Crippen LogP contribution is -2.52. The quantitative estimate of drug-likeness (QED) is 0.807. The van der Waals surface area contributed by atoms with E-state index in [9.17, 15) is 4.79 Å². The Morgan fingerprint density at radius 1 is 1.39 bits per heavy atom. The van der Waals surface area contributed by atoms with Gasteiger partial charge in [0.15, 0.2) is 0 Å². The lowest BCUT2D eigenvalue weighted by molar-refractivity contribution is 0.0454. The van der Waals surface area contributed by atoms with Gasteiger partial charge in [-0.25, -0.2) is 4.79 Å². The van der Waals surface area contributed by atoms with Crippen LogP contribution < -0.4 is 11.1 Å². The Balaban J connectivity index is 2.45. The minimum atomic E-state index is -0.477. The molecule has 0 aromatic heterocycles. The fourth-order valence-corrected chi connectivity index (χ4v) is 2.29. The fourth-order valence-electron chi connectivity index (χ4n) is 2.29. The first-order valence-corrected chi connectivity index (χ1v) is 6.56. The van der Waals surface area contributed by atoms with Gasteiger partial charge < -0.3 is 20.5 Å². The van der Waals surface area contributed by atoms with E-state index >= 15 is 0 Å². The predicted octanol–water partition coefficient (Wildman–Crippen LogP) is 1.65. The maximum atomic E-state index is 11.7. The zero-order valence-corrected chi connectivity index (χ0v) is 11.9. The van der Waals surface area contributed by atoms with Crippen LogP contribution in [0.2, 0.25) is 0 Å². The number of methoxy groups -OCH3 is 1. The van der Waals surface area contributed by atoms with E-state index in [4.69, 9.17) is 15.2 Å². The lowest BCUT2D eigenvalue weighted by atomic mass is 9.83. The van der Waals surface area contributed by atoms with Gasteiger partial charge in [0, 0.05) is 25.8 Å². The Morgan fingerprint density at radius 2 is 2.06 bits per heavy atom. The van der Waals surface area contributed by atoms with Crippen molar-refractivity contribution in [3.05, 3.63) is 0 Å². The zero-order valence-electron chi connectivity index (χ0n) is 11.9. The molecule has 18 heavy (non-hydrogen) atoms. The van der Waals surface area contributed by atoms with Crippen LogP contribution in [0.15, 0.2) is 0 Å². The molecule has 1 rings (SSSR count). The van der Waals surface area contributed by atoms with Gasteiger partial charge in [0.1, 0.15) is 5.60 Å². The second-order valence-electron chi connectivity index (χ2n) is 6.05. The predicted molar refractivity (Wildman–Crippen MR) is 70.4 cm³/mol. The number of ether oxygens (including phenoxy) is 2. The number of carbonyl (C=O) groups is 1. The Kier molecular flexibility index (Phi) is 5.41. The molecule has 1 amide bonds. The van der Waals surface area contributed by atoms with Crippen molar-refractivity contribution in [1.82, 2.24) is 5.32 Å². The molecule has 0 heterocycles. The van der Waals surface area contributed by atoms with Crippen molar-refractivity contribution < 1.29 is 14.3 Å². The van der Waals surface area contributed by atoms with E-state index in [1.807, 2.05) is 20.8 Å². The fraction of sp³-hybridized carbons (Fsp3) is 0.923. The standard InChI is InChI=1S/C13H26N2O3/c1-13(2,3)18-12(16)15-11-7-9(8-17-4)5-6-10(11)14/h9-11H,5-8,14H2,1-4H3,(H,15,16)/t9-,10-,11+/m0/s1. The number of nitrogens with one attached hydrogen (secondary N) is 1. The summed E-state index contributed by atoms with van der Waals surface area (Å²) in [5.74, 6) is 0.467. The first-order chi connectivity index (χ1) is 8.31. The number of rotatable bonds is 3. The SMILES string of the molecule is COC[C@H]1CC[C@H](N)[C@H](NC(=O)OC(C)(C)C)C1. The highest BCUT2D eigenvalue weighted by molar-refractivity contribution is 5.68. The molecule has 0 aromatic rings. The summed E-state index contributed by atoms with van der Waals surface area (Å²) in [5.41, 5.74) is 5.56. The van der Waals surface area contributed by atoms with Gasteiger partial charge in [-0.15, -0.1) is 0 Å². The van der Waals surface area contributed by atoms with Crippen molar-refractivity contribution in [2.24, 2.45) is 11.7 Å². The van der Waals surface area contributed by atoms with Gasteiger partial charge in [-0.1, -0.05) is 0 Å². The molecule has 0 aliphatic heterocycles. The normalized spacial score (nSPS) is 28.8. The number of amides is 1. The minimum Gasteiger partial charge on any atom is -0.444 e. The van der Waals surface area contributed by atoms with Crippen molar-refractivity contribution in [2.75, 3.05) is 13.7 Å². The highest BCUT2D eigenvalue weighted by atomic mass is 16.6. The third kappa shape index (κ3) is 5.23. The molecule has 1 aliphatic carbocycles. The van der Waals surface area contributed by atoms with Crippen LogP contribution in [0.4, 0.5) is 4.79 Å². The summed E-state index contributed by atoms with van der Waals surface area (Å²) >= 11 is 0. The highest BCUT2D eigenvalue weighted by Crippen LogP contribution is 2.24. The molecule has 0 saturated heterocycles. The van der Waals surface area contributed by atoms with Crippen LogP contribution in [0, 0.1) is 5.92 Å². The lowest BCUT2D eigenvalue weighted by Gasteiger charge is -2.34. The molecule has 3 N–H and O–H groups in total. The number of alkyl carbamates (subject to hydrolysis) is 1. The Bertz CT molecular complexity index is 276. The number of hydrogen-bond donors (Lipinski definition) is 2. The summed E-state index contributed by atoms with van der Waals surface area (Å²) in [7, 11) is 1.70. The van der Waals surface area contributed by atoms with Crippen LogP contribution in [0.25, 0.3) is 0 Å². The maximum absolute atomic E-state index is 11.7. The summed E-state index contributed by atoms with van der Waals surface area (Å²) in [5, 5.41) is 2.87. The topological polar surface area (TPSA) is 73.6 Å². The van der Waals surface area contributed by atoms with Crippen LogP contribution in [-0.4, -0.2) is 37.5 Å². The van der Waals surface area contributed by atoms with E-state index < -0.39 is 5.60 Å². The summed E-state index contributed by atoms with van der Waals surface area (Å²) in [4.78, 5) is 11.7. The molecular weight excluding hydrogens is 232 g/mol. The van der Waals surface area contributed by atoms with Crippen molar-refractivity contribution in [2.45, 2.75) is 57.7 Å². The summed E-state index contributed by atoms with van der Waals surface area (Å²) < 4.78 is 10.4. The first kappa shape index (κ1) is 15.2. The van der Waals surface area contributed by atoms with Crippen molar-refractivity contribution in [3.63, 3.8) is 0 Å². The molecule has 106 valence electrons. The molecule has 3 atom stereocenters. The van der Waals surface area contributed by atoms with Gasteiger partial charge in [0.05, 0.1) is 0 Å². The van der Waals surface area contributed by atoms with E-state index in [0.29, 0.717) is 5.92 Å². The van der Waals surface area contributed by atoms with Crippen molar-refractivity contribution in [3.8, 4) is 0 Å². The van der Waals surface area contributed by atoms with E-state index in [2.05, 4.69) is 5.32 Å². The molecule has 5 nitrogen and oxygen atoms in total. The van der Waals surface area contributed by atoms with E-state index in [1.165, 1.54) is 0 Å². The van der Waals surface area contributed by atoms with Gasteiger partial charge in [0.2, 0.25) is 0 Å². The number of hydrogen-bond acceptors (Lipinski definition) is 4. The number of nitrogens with two attached hydrogens (primary N) is 1. The van der Waals surface area contributed by atoms with Gasteiger partial charge in [-0.2, -0.15) is 0 Å². The Hall–Kier alpha value is -0.810. The third-order valence-electron chi connectivity index (χ3n) is 3.12. The summed E-state index contributed by atoms with van der Waals surface area (Å²) in [6, 6.07) is -0.0145. The second-order valence-corrected chi connectivity index (χ2v) is 6.05. The minimum absolute atomic E-state index is 0.00521. The molecule has 0 unspecified atom stereocenters. The van der Waals surface area contributed by atoms with Crippen LogP contribution in [0.5, 0.6) is 0 Å². The van der Waals surface area contributed by atoms with Crippen molar-refractivity contribution >= 4 is 6.09 Å².